The van der Waals surface area contributed by atoms with Crippen LogP contribution < -0.4 is 48.1 Å². The van der Waals surface area contributed by atoms with E-state index in [4.69, 9.17) is 14.2 Å². The molecule has 0 spiro atoms. The highest BCUT2D eigenvalue weighted by Gasteiger charge is 2.40. The Morgan fingerprint density at radius 2 is 1.43 bits per heavy atom. The number of ether oxygens (including phenoxy) is 3. The fourth-order valence-corrected chi connectivity index (χ4v) is 14.1. The minimum atomic E-state index is -1.64. The Balaban J connectivity index is 1.37. The molecule has 12 N–H and O–H groups in total. The molecule has 0 bridgehead atoms. The molecule has 1 fully saturated rings. The lowest BCUT2D eigenvalue weighted by Crippen LogP contribution is -2.59. The third-order valence-electron chi connectivity index (χ3n) is 17.1. The molecule has 10 amide bonds. The van der Waals surface area contributed by atoms with Crippen LogP contribution in [0.15, 0.2) is 60.0 Å². The van der Waals surface area contributed by atoms with E-state index >= 15 is 4.79 Å². The first-order valence-electron chi connectivity index (χ1n) is 35.0. The van der Waals surface area contributed by atoms with Gasteiger partial charge in [-0.3, -0.25) is 58.3 Å². The second kappa shape index (κ2) is 46.1. The maximum Gasteiger partial charge on any atom is 0.426 e. The number of piperidine rings is 1. The number of phenolic OH excluding ortho intramolecular Hbond substituents is 1. The molecular weight excluding hydrogens is 1410 g/mol. The Kier molecular flexibility index (Phi) is 38.9. The lowest BCUT2D eigenvalue weighted by atomic mass is 9.92. The Bertz CT molecular complexity index is 3320. The summed E-state index contributed by atoms with van der Waals surface area (Å²) in [6.45, 7) is 15.5. The number of amides is 10. The minimum absolute atomic E-state index is 0.00460. The molecule has 31 nitrogen and oxygen atoms in total. The first kappa shape index (κ1) is 87.6. The van der Waals surface area contributed by atoms with Crippen molar-refractivity contribution in [3.63, 3.8) is 0 Å². The van der Waals surface area contributed by atoms with E-state index in [2.05, 4.69) is 53.1 Å². The van der Waals surface area contributed by atoms with Gasteiger partial charge >= 0.3 is 36.0 Å². The summed E-state index contributed by atoms with van der Waals surface area (Å²) in [6.07, 6.45) is 2.30. The lowest BCUT2D eigenvalue weighted by Gasteiger charge is -2.39. The molecule has 1 aliphatic rings. The van der Waals surface area contributed by atoms with Crippen LogP contribution >= 0.6 is 32.9 Å². The van der Waals surface area contributed by atoms with E-state index in [1.807, 2.05) is 53.5 Å². The highest BCUT2D eigenvalue weighted by Crippen LogP contribution is 2.32. The van der Waals surface area contributed by atoms with Crippen LogP contribution in [0.3, 0.4) is 0 Å². The number of unbranched alkanes of at least 4 members (excludes halogenated alkanes) is 1. The van der Waals surface area contributed by atoms with E-state index in [-0.39, 0.29) is 103 Å². The number of hydrogen-bond donors (Lipinski definition) is 12. The Morgan fingerprint density at radius 1 is 0.750 bits per heavy atom. The Morgan fingerprint density at radius 3 is 2.07 bits per heavy atom. The smallest absolute Gasteiger partial charge is 0.426 e. The number of nitrogens with zero attached hydrogens (tertiary/aromatic N) is 3. The number of carboxylic acid groups (broad SMARTS) is 2. The fourth-order valence-electron chi connectivity index (χ4n) is 11.3. The van der Waals surface area contributed by atoms with Gasteiger partial charge in [-0.2, -0.15) is 0 Å². The van der Waals surface area contributed by atoms with Crippen molar-refractivity contribution < 1.29 is 91.9 Å². The number of hydrogen-bond acceptors (Lipinski definition) is 22. The quantitative estimate of drug-likeness (QED) is 0.00812. The summed E-state index contributed by atoms with van der Waals surface area (Å²) in [5, 5.41) is 50.0. The van der Waals surface area contributed by atoms with E-state index < -0.39 is 133 Å². The molecule has 0 radical (unpaired) electrons. The number of carbonyl (C=O) groups excluding carboxylic acids is 11. The van der Waals surface area contributed by atoms with Gasteiger partial charge in [0.25, 0.3) is 5.91 Å². The van der Waals surface area contributed by atoms with E-state index in [1.165, 1.54) is 36.3 Å². The van der Waals surface area contributed by atoms with E-state index in [0.717, 1.165) is 52.3 Å². The van der Waals surface area contributed by atoms with Crippen LogP contribution in [0.25, 0.3) is 0 Å². The molecule has 34 heteroatoms. The minimum Gasteiger partial charge on any atom is -0.508 e. The molecule has 1 aromatic heterocycles. The number of hydrazine groups is 1. The van der Waals surface area contributed by atoms with Gasteiger partial charge < -0.3 is 71.6 Å². The van der Waals surface area contributed by atoms with Crippen LogP contribution in [0.5, 0.6) is 5.75 Å². The molecule has 3 aromatic rings. The predicted octanol–water partition coefficient (Wildman–Crippen LogP) is 5.65. The first-order valence-corrected chi connectivity index (χ1v) is 38.3. The number of carboxylic acids is 2. The van der Waals surface area contributed by atoms with Crippen molar-refractivity contribution in [2.75, 3.05) is 45.0 Å². The summed E-state index contributed by atoms with van der Waals surface area (Å²) in [5.41, 5.74) is 5.67. The zero-order valence-electron chi connectivity index (χ0n) is 60.8. The van der Waals surface area contributed by atoms with Crippen LogP contribution in [0.4, 0.5) is 9.59 Å². The van der Waals surface area contributed by atoms with Gasteiger partial charge in [0.2, 0.25) is 35.4 Å². The number of aliphatic carboxylic acids is 2. The molecule has 11 atom stereocenters. The van der Waals surface area contributed by atoms with Crippen LogP contribution in [-0.2, 0) is 75.0 Å². The number of rotatable bonds is 44. The third kappa shape index (κ3) is 32.1. The van der Waals surface area contributed by atoms with Gasteiger partial charge in [-0.05, 0) is 107 Å². The van der Waals surface area contributed by atoms with Gasteiger partial charge in [0.05, 0.1) is 12.5 Å². The number of phenols is 1. The summed E-state index contributed by atoms with van der Waals surface area (Å²) in [7, 11) is 3.98. The average molecular weight is 1510 g/mol. The predicted molar refractivity (Wildman–Crippen MR) is 390 cm³/mol. The molecule has 0 aliphatic carbocycles. The van der Waals surface area contributed by atoms with Crippen LogP contribution in [0, 0.1) is 17.8 Å². The topological polar surface area (TPSA) is 438 Å². The van der Waals surface area contributed by atoms with Crippen molar-refractivity contribution in [3.05, 3.63) is 81.8 Å². The molecule has 1 unspecified atom stereocenters. The van der Waals surface area contributed by atoms with Gasteiger partial charge in [-0.1, -0.05) is 118 Å². The molecule has 0 saturated carbocycles. The number of aromatic hydroxyl groups is 1. The van der Waals surface area contributed by atoms with Crippen LogP contribution in [-0.4, -0.2) is 201 Å². The zero-order valence-corrected chi connectivity index (χ0v) is 63.2. The highest BCUT2D eigenvalue weighted by atomic mass is 33.1. The van der Waals surface area contributed by atoms with Crippen molar-refractivity contribution in [2.45, 2.75) is 207 Å². The normalized spacial score (nSPS) is 15.7. The summed E-state index contributed by atoms with van der Waals surface area (Å²) < 4.78 is 16.8. The number of nitrogens with one attached hydrogen (secondary N) is 9. The fraction of sp³-hybridized carbons (Fsp3) is 0.600. The van der Waals surface area contributed by atoms with Crippen LogP contribution in [0.1, 0.15) is 172 Å². The van der Waals surface area contributed by atoms with Crippen molar-refractivity contribution in [1.29, 1.82) is 0 Å². The number of urea groups is 1. The second-order valence-corrected chi connectivity index (χ2v) is 29.6. The van der Waals surface area contributed by atoms with Gasteiger partial charge in [-0.25, -0.2) is 24.8 Å². The van der Waals surface area contributed by atoms with Crippen molar-refractivity contribution in [2.24, 2.45) is 17.8 Å². The van der Waals surface area contributed by atoms with Gasteiger partial charge in [0.15, 0.2) is 12.8 Å². The molecular formula is C70H104N12O19S3. The monoisotopic (exact) mass is 1510 g/mol. The first-order chi connectivity index (χ1) is 49.4. The summed E-state index contributed by atoms with van der Waals surface area (Å²) in [5.74, 6) is -9.95. The van der Waals surface area contributed by atoms with Gasteiger partial charge in [-0.15, -0.1) is 11.3 Å². The van der Waals surface area contributed by atoms with E-state index in [9.17, 15) is 72.9 Å². The van der Waals surface area contributed by atoms with E-state index in [1.54, 1.807) is 49.4 Å². The Labute approximate surface area is 618 Å². The Hall–Kier alpha value is -8.76. The summed E-state index contributed by atoms with van der Waals surface area (Å²) in [6, 6.07) is 6.13. The number of aromatic nitrogens is 1. The maximum absolute atomic E-state index is 15.0. The van der Waals surface area contributed by atoms with Gasteiger partial charge in [0.1, 0.15) is 47.2 Å². The van der Waals surface area contributed by atoms with Crippen molar-refractivity contribution >= 4 is 110 Å². The number of benzene rings is 2. The van der Waals surface area contributed by atoms with Crippen molar-refractivity contribution in [1.82, 2.24) is 62.9 Å². The van der Waals surface area contributed by atoms with Crippen LogP contribution in [0.2, 0.25) is 0 Å². The van der Waals surface area contributed by atoms with Gasteiger partial charge in [0, 0.05) is 80.6 Å². The average Bonchev–Trinajstić information content (AvgIpc) is 1.49. The summed E-state index contributed by atoms with van der Waals surface area (Å²) >= 11 is 1.03. The largest absolute Gasteiger partial charge is 0.508 e. The number of likely N-dealkylation sites (tertiary alicyclic amines) is 1. The molecule has 104 heavy (non-hydrogen) atoms. The zero-order chi connectivity index (χ0) is 77.0. The number of esters is 2. The number of thiazole rings is 1. The lowest BCUT2D eigenvalue weighted by molar-refractivity contribution is -0.160. The molecule has 1 aliphatic heterocycles. The number of carbonyl (C=O) groups is 13. The SMILES string of the molecule is CCCC(=O)OCN(C(=O)[C@@H](NC(=O)[C@H]1CCCCN1C)C(C)CC)[C@H](C[C@@H](OC(C)=O)c1nc(C(=O)N[C@@H](Cc2ccc(O)cc2)C[C@H](C)C(=O)NNC(=O)OCCSSC[C@H](NC(=O)[C@H](Cc2ccccc2)NC(=O)[C@H](CC(=O)O)NC(=O)NCCCC[C@@H](C)NC(C)=O)C(=O)O)cs1)C(C)C. The third-order valence-corrected chi connectivity index (χ3v) is 20.4. The maximum atomic E-state index is 15.0. The molecule has 1 saturated heterocycles. The number of likely N-dealkylation sites (N-methyl/N-ethyl adjacent to an activating group) is 1. The molecule has 4 rings (SSSR count). The molecule has 576 valence electrons. The second-order valence-electron chi connectivity index (χ2n) is 26.1. The summed E-state index contributed by atoms with van der Waals surface area (Å²) in [4.78, 5) is 179. The standard InChI is InChI=1S/C70H104N12O19S3/c1-11-20-59(88)100-40-82(67(94)60(42(5)12-2)78-65(93)55-24-17-19-30-81(55)10)56(41(3)4)37-57(101-46(9)84)66-76-53(38-102-66)64(92)73-49(34-48-25-27-50(85)28-26-48)33-43(6)61(89)79-80-70(98)99-31-32-103-104-39-54(68(95)96)75-62(90)51(35-47-22-14-13-15-23-47)74-63(91)52(36-58(86)87)77-69(97)71-29-18-16-21-44(7)72-45(8)83/h13-15,22-23,25-28,38,41-44,49,51-52,54-57,60,85H,11-12,16-21,24,29-37,39-40H2,1-10H3,(H,72,83)(H,73,92)(H,74,91)(H,75,90)(H,78,93)(H,79,89)(H,80,98)(H,86,87)(H,95,96)(H2,71,77,97)/t42?,43-,44+,49+,51-,52-,54-,55+,56+,57+,60-/m0/s1. The highest BCUT2D eigenvalue weighted by molar-refractivity contribution is 8.76. The van der Waals surface area contributed by atoms with Crippen molar-refractivity contribution in [3.8, 4) is 5.75 Å². The van der Waals surface area contributed by atoms with E-state index in [0.29, 0.717) is 49.7 Å². The molecule has 2 aromatic carbocycles. The molecule has 2 heterocycles.